The molecule has 0 amide bonds. The van der Waals surface area contributed by atoms with E-state index >= 15 is 0 Å². The van der Waals surface area contributed by atoms with E-state index < -0.39 is 35.1 Å². The zero-order chi connectivity index (χ0) is 36.8. The van der Waals surface area contributed by atoms with Crippen LogP contribution in [0, 0.1) is 24.4 Å². The smallest absolute Gasteiger partial charge is 0.339 e. The fourth-order valence-corrected chi connectivity index (χ4v) is 5.29. The number of nitrogens with one attached hydrogen (secondary N) is 2. The minimum absolute atomic E-state index is 0.0263. The summed E-state index contributed by atoms with van der Waals surface area (Å²) in [7, 11) is 0. The fourth-order valence-electron chi connectivity index (χ4n) is 5.29. The predicted octanol–water partition coefficient (Wildman–Crippen LogP) is 9.65. The van der Waals surface area contributed by atoms with Crippen molar-refractivity contribution in [2.24, 2.45) is 0 Å². The normalized spacial score (nSPS) is 11.9. The molecule has 2 aromatic heterocycles. The van der Waals surface area contributed by atoms with Gasteiger partial charge in [-0.3, -0.25) is 4.98 Å². The van der Waals surface area contributed by atoms with Gasteiger partial charge >= 0.3 is 11.9 Å². The number of hydrogen-bond acceptors (Lipinski definition) is 7. The molecule has 4 N–H and O–H groups in total. The highest BCUT2D eigenvalue weighted by molar-refractivity contribution is 5.95. The van der Waals surface area contributed by atoms with Gasteiger partial charge in [0, 0.05) is 12.4 Å². The molecule has 0 bridgehead atoms. The molecule has 4 aromatic carbocycles. The van der Waals surface area contributed by atoms with Crippen LogP contribution < -0.4 is 15.4 Å². The summed E-state index contributed by atoms with van der Waals surface area (Å²) in [5, 5.41) is 23.6. The third-order valence-corrected chi connectivity index (χ3v) is 8.06. The number of carboxylic acid groups (broad SMARTS) is 2. The molecule has 9 nitrogen and oxygen atoms in total. The number of pyridine rings is 2. The first-order chi connectivity index (χ1) is 25.1. The molecule has 262 valence electrons. The number of hydrogen-bond donors (Lipinski definition) is 4. The number of halogens is 3. The SMILES string of the molecule is Cc1ccccc1-c1cc(F)c(Nc2ncccc2C(=O)O)c(F)c1.O=C(O)c1ccncc1Nc1ccc(-c2cccc(OC3CC3)c2)cc1F. The Morgan fingerprint density at radius 2 is 1.42 bits per heavy atom. The first kappa shape index (κ1) is 35.1. The molecule has 1 aliphatic rings. The van der Waals surface area contributed by atoms with Gasteiger partial charge in [0.25, 0.3) is 0 Å². The molecule has 12 heteroatoms. The van der Waals surface area contributed by atoms with Gasteiger partial charge in [0.15, 0.2) is 0 Å². The van der Waals surface area contributed by atoms with Gasteiger partial charge in [-0.05, 0) is 102 Å². The quantitative estimate of drug-likeness (QED) is 0.110. The molecule has 0 radical (unpaired) electrons. The largest absolute Gasteiger partial charge is 0.490 e. The maximum Gasteiger partial charge on any atom is 0.339 e. The molecule has 6 aromatic rings. The first-order valence-corrected chi connectivity index (χ1v) is 16.1. The molecule has 0 unspecified atom stereocenters. The zero-order valence-electron chi connectivity index (χ0n) is 27.6. The van der Waals surface area contributed by atoms with E-state index in [9.17, 15) is 27.9 Å². The highest BCUT2D eigenvalue weighted by Gasteiger charge is 2.23. The average Bonchev–Trinajstić information content (AvgIpc) is 3.95. The van der Waals surface area contributed by atoms with Crippen LogP contribution in [0.4, 0.5) is 36.1 Å². The highest BCUT2D eigenvalue weighted by Crippen LogP contribution is 2.33. The van der Waals surface area contributed by atoms with E-state index in [4.69, 9.17) is 9.84 Å². The van der Waals surface area contributed by atoms with Crippen molar-refractivity contribution in [3.63, 3.8) is 0 Å². The molecular formula is C40H31F3N4O5. The summed E-state index contributed by atoms with van der Waals surface area (Å²) < 4.78 is 49.3. The van der Waals surface area contributed by atoms with Crippen molar-refractivity contribution in [3.8, 4) is 28.0 Å². The highest BCUT2D eigenvalue weighted by atomic mass is 19.1. The summed E-state index contributed by atoms with van der Waals surface area (Å²) in [6, 6.07) is 26.1. The molecule has 1 saturated carbocycles. The molecule has 0 atom stereocenters. The minimum Gasteiger partial charge on any atom is -0.490 e. The van der Waals surface area contributed by atoms with E-state index in [0.29, 0.717) is 17.2 Å². The van der Waals surface area contributed by atoms with E-state index in [2.05, 4.69) is 20.6 Å². The Hall–Kier alpha value is -6.69. The van der Waals surface area contributed by atoms with E-state index in [0.717, 1.165) is 35.3 Å². The van der Waals surface area contributed by atoms with Crippen LogP contribution in [0.25, 0.3) is 22.3 Å². The number of benzene rings is 4. The molecular weight excluding hydrogens is 673 g/mol. The number of aromatic carboxylic acids is 2. The minimum atomic E-state index is -1.24. The van der Waals surface area contributed by atoms with Gasteiger partial charge in [-0.1, -0.05) is 42.5 Å². The lowest BCUT2D eigenvalue weighted by Gasteiger charge is -2.13. The molecule has 1 aliphatic carbocycles. The Morgan fingerprint density at radius 3 is 2.12 bits per heavy atom. The lowest BCUT2D eigenvalue weighted by Crippen LogP contribution is -2.07. The Kier molecular flexibility index (Phi) is 10.5. The zero-order valence-corrected chi connectivity index (χ0v) is 27.6. The lowest BCUT2D eigenvalue weighted by molar-refractivity contribution is 0.0687. The summed E-state index contributed by atoms with van der Waals surface area (Å²) in [6.45, 7) is 1.85. The second-order valence-electron chi connectivity index (χ2n) is 11.9. The Bertz CT molecular complexity index is 2260. The van der Waals surface area contributed by atoms with Crippen LogP contribution >= 0.6 is 0 Å². The summed E-state index contributed by atoms with van der Waals surface area (Å²) in [5.41, 5.74) is 3.39. The van der Waals surface area contributed by atoms with Crippen LogP contribution in [0.3, 0.4) is 0 Å². The van der Waals surface area contributed by atoms with E-state index in [-0.39, 0.29) is 28.3 Å². The topological polar surface area (TPSA) is 134 Å². The number of ether oxygens (including phenoxy) is 1. The standard InChI is InChI=1S/C21H17FN2O3.C19H14F2N2O2/c22-18-11-14(13-2-1-3-16(10-13)27-15-5-6-15)4-7-19(18)24-20-12-23-9-8-17(20)21(25)26;1-11-5-2-3-6-13(11)12-9-15(20)17(16(21)10-12)23-18-14(19(24)25)7-4-8-22-18/h1-4,7-12,15,24H,5-6H2,(H,25,26);2-10H,1H3,(H,22,23)(H,24,25). The Labute approximate surface area is 296 Å². The average molecular weight is 705 g/mol. The fraction of sp³-hybridized carbons (Fsp3) is 0.100. The maximum atomic E-state index is 14.6. The number of nitrogens with zero attached hydrogens (tertiary/aromatic N) is 2. The molecule has 0 aliphatic heterocycles. The van der Waals surface area contributed by atoms with Gasteiger partial charge in [-0.25, -0.2) is 27.7 Å². The predicted molar refractivity (Wildman–Crippen MR) is 191 cm³/mol. The monoisotopic (exact) mass is 704 g/mol. The van der Waals surface area contributed by atoms with Gasteiger partial charge < -0.3 is 25.6 Å². The molecule has 1 fully saturated rings. The van der Waals surface area contributed by atoms with Crippen molar-refractivity contribution in [2.45, 2.75) is 25.9 Å². The third-order valence-electron chi connectivity index (χ3n) is 8.06. The van der Waals surface area contributed by atoms with Gasteiger partial charge in [0.2, 0.25) is 0 Å². The van der Waals surface area contributed by atoms with E-state index in [1.165, 1.54) is 55.0 Å². The maximum absolute atomic E-state index is 14.6. The van der Waals surface area contributed by atoms with Crippen LogP contribution in [-0.2, 0) is 0 Å². The van der Waals surface area contributed by atoms with Crippen LogP contribution in [0.15, 0.2) is 116 Å². The van der Waals surface area contributed by atoms with Crippen molar-refractivity contribution in [1.29, 1.82) is 0 Å². The van der Waals surface area contributed by atoms with Crippen LogP contribution in [-0.4, -0.2) is 38.2 Å². The number of aryl methyl sites for hydroxylation is 1. The summed E-state index contributed by atoms with van der Waals surface area (Å²) >= 11 is 0. The third kappa shape index (κ3) is 8.36. The van der Waals surface area contributed by atoms with E-state index in [1.807, 2.05) is 43.3 Å². The molecule has 52 heavy (non-hydrogen) atoms. The number of aromatic nitrogens is 2. The van der Waals surface area contributed by atoms with Crippen molar-refractivity contribution in [3.05, 3.63) is 150 Å². The van der Waals surface area contributed by atoms with Gasteiger partial charge in [-0.2, -0.15) is 0 Å². The first-order valence-electron chi connectivity index (χ1n) is 16.1. The van der Waals surface area contributed by atoms with Crippen LogP contribution in [0.2, 0.25) is 0 Å². The van der Waals surface area contributed by atoms with Gasteiger partial charge in [0.1, 0.15) is 40.3 Å². The second-order valence-corrected chi connectivity index (χ2v) is 11.9. The summed E-state index contributed by atoms with van der Waals surface area (Å²) in [4.78, 5) is 30.2. The molecule has 2 heterocycles. The van der Waals surface area contributed by atoms with Gasteiger partial charge in [-0.15, -0.1) is 0 Å². The summed E-state index contributed by atoms with van der Waals surface area (Å²) in [6.07, 6.45) is 6.52. The van der Waals surface area contributed by atoms with E-state index in [1.54, 1.807) is 24.3 Å². The van der Waals surface area contributed by atoms with Crippen molar-refractivity contribution >= 4 is 34.8 Å². The van der Waals surface area contributed by atoms with Gasteiger partial charge in [0.05, 0.1) is 29.2 Å². The number of carboxylic acids is 2. The summed E-state index contributed by atoms with van der Waals surface area (Å²) in [5.74, 6) is -3.85. The van der Waals surface area contributed by atoms with Crippen molar-refractivity contribution in [2.75, 3.05) is 10.6 Å². The van der Waals surface area contributed by atoms with Crippen molar-refractivity contribution < 1.29 is 37.7 Å². The lowest BCUT2D eigenvalue weighted by atomic mass is 10.00. The number of rotatable bonds is 10. The Balaban J connectivity index is 0.000000179. The Morgan fingerprint density at radius 1 is 0.712 bits per heavy atom. The number of carbonyl (C=O) groups is 2. The van der Waals surface area contributed by atoms with Crippen LogP contribution in [0.5, 0.6) is 5.75 Å². The molecule has 0 spiro atoms. The van der Waals surface area contributed by atoms with Crippen molar-refractivity contribution in [1.82, 2.24) is 9.97 Å². The number of anilines is 4. The second kappa shape index (κ2) is 15.5. The molecule has 0 saturated heterocycles. The molecule has 7 rings (SSSR count). The van der Waals surface area contributed by atoms with Crippen LogP contribution in [0.1, 0.15) is 39.1 Å².